The van der Waals surface area contributed by atoms with Crippen LogP contribution in [-0.2, 0) is 4.74 Å². The molecule has 0 aliphatic carbocycles. The highest BCUT2D eigenvalue weighted by molar-refractivity contribution is 8.00. The van der Waals surface area contributed by atoms with Gasteiger partial charge in [0.2, 0.25) is 0 Å². The highest BCUT2D eigenvalue weighted by Gasteiger charge is 2.29. The first-order valence-corrected chi connectivity index (χ1v) is 7.40. The van der Waals surface area contributed by atoms with Crippen LogP contribution < -0.4 is 5.32 Å². The molecule has 1 aliphatic heterocycles. The molecule has 0 saturated carbocycles. The summed E-state index contributed by atoms with van der Waals surface area (Å²) in [5, 5.41) is 12.3. The van der Waals surface area contributed by atoms with Crippen LogP contribution in [0.4, 0.5) is 13.2 Å². The number of thioether (sulfide) groups is 1. The predicted molar refractivity (Wildman–Crippen MR) is 73.7 cm³/mol. The first-order chi connectivity index (χ1) is 9.98. The number of benzene rings is 1. The number of alkyl halides is 3. The van der Waals surface area contributed by atoms with E-state index in [1.807, 2.05) is 0 Å². The molecule has 21 heavy (non-hydrogen) atoms. The molecule has 2 atom stereocenters. The highest BCUT2D eigenvalue weighted by atomic mass is 32.2. The van der Waals surface area contributed by atoms with Crippen LogP contribution in [-0.4, -0.2) is 24.8 Å². The number of hydrogen-bond donors (Lipinski definition) is 1. The van der Waals surface area contributed by atoms with Crippen molar-refractivity contribution < 1.29 is 17.9 Å². The van der Waals surface area contributed by atoms with Gasteiger partial charge >= 0.3 is 5.51 Å². The average Bonchev–Trinajstić information content (AvgIpc) is 2.92. The molecule has 1 heterocycles. The second-order valence-corrected chi connectivity index (χ2v) is 5.86. The van der Waals surface area contributed by atoms with E-state index in [9.17, 15) is 18.4 Å². The van der Waals surface area contributed by atoms with Crippen molar-refractivity contribution in [2.24, 2.45) is 0 Å². The van der Waals surface area contributed by atoms with Crippen LogP contribution in [0.15, 0.2) is 29.2 Å². The van der Waals surface area contributed by atoms with Gasteiger partial charge in [0.05, 0.1) is 12.2 Å². The molecule has 114 valence electrons. The molecule has 0 spiro atoms. The summed E-state index contributed by atoms with van der Waals surface area (Å²) in [5.74, 6) is 0. The van der Waals surface area contributed by atoms with Gasteiger partial charge < -0.3 is 4.74 Å². The van der Waals surface area contributed by atoms with Crippen LogP contribution in [0.2, 0.25) is 0 Å². The minimum absolute atomic E-state index is 0.112. The van der Waals surface area contributed by atoms with E-state index in [0.29, 0.717) is 12.1 Å². The second kappa shape index (κ2) is 7.16. The Hall–Kier alpha value is -1.23. The van der Waals surface area contributed by atoms with E-state index in [1.54, 1.807) is 12.1 Å². The minimum Gasteiger partial charge on any atom is -0.377 e. The van der Waals surface area contributed by atoms with E-state index in [4.69, 9.17) is 4.74 Å². The molecule has 0 aromatic heterocycles. The maximum absolute atomic E-state index is 12.2. The third kappa shape index (κ3) is 5.23. The summed E-state index contributed by atoms with van der Waals surface area (Å²) in [6.07, 6.45) is 2.10. The average molecular weight is 316 g/mol. The van der Waals surface area contributed by atoms with E-state index in [1.165, 1.54) is 12.1 Å². The topological polar surface area (TPSA) is 45.0 Å². The van der Waals surface area contributed by atoms with Crippen molar-refractivity contribution in [1.29, 1.82) is 5.26 Å². The van der Waals surface area contributed by atoms with E-state index < -0.39 is 11.6 Å². The molecule has 1 fully saturated rings. The van der Waals surface area contributed by atoms with Crippen molar-refractivity contribution in [3.63, 3.8) is 0 Å². The van der Waals surface area contributed by atoms with Gasteiger partial charge in [-0.2, -0.15) is 18.4 Å². The molecule has 1 saturated heterocycles. The van der Waals surface area contributed by atoms with Gasteiger partial charge in [-0.15, -0.1) is 0 Å². The van der Waals surface area contributed by atoms with E-state index in [2.05, 4.69) is 11.4 Å². The van der Waals surface area contributed by atoms with Crippen LogP contribution in [0, 0.1) is 11.3 Å². The van der Waals surface area contributed by atoms with Gasteiger partial charge in [-0.05, 0) is 42.3 Å². The molecule has 1 N–H and O–H groups in total. The summed E-state index contributed by atoms with van der Waals surface area (Å²) >= 11 is -0.161. The number of nitrogens with one attached hydrogen (secondary N) is 1. The Bertz CT molecular complexity index is 492. The third-order valence-electron chi connectivity index (χ3n) is 3.15. The number of ether oxygens (including phenoxy) is 1. The highest BCUT2D eigenvalue weighted by Crippen LogP contribution is 2.37. The zero-order valence-corrected chi connectivity index (χ0v) is 12.0. The van der Waals surface area contributed by atoms with Gasteiger partial charge in [0.1, 0.15) is 6.04 Å². The summed E-state index contributed by atoms with van der Waals surface area (Å²) in [7, 11) is 0. The van der Waals surface area contributed by atoms with Crippen molar-refractivity contribution in [3.05, 3.63) is 29.8 Å². The Kier molecular flexibility index (Phi) is 5.51. The van der Waals surface area contributed by atoms with Crippen LogP contribution >= 0.6 is 11.8 Å². The van der Waals surface area contributed by atoms with Gasteiger partial charge in [-0.3, -0.25) is 5.32 Å². The largest absolute Gasteiger partial charge is 0.446 e. The summed E-state index contributed by atoms with van der Waals surface area (Å²) in [5.41, 5.74) is -3.64. The molecule has 2 rings (SSSR count). The first-order valence-electron chi connectivity index (χ1n) is 6.58. The van der Waals surface area contributed by atoms with Crippen LogP contribution in [0.25, 0.3) is 0 Å². The fourth-order valence-corrected chi connectivity index (χ4v) is 2.69. The second-order valence-electron chi connectivity index (χ2n) is 4.72. The molecule has 0 radical (unpaired) electrons. The van der Waals surface area contributed by atoms with Gasteiger partial charge in [0, 0.05) is 18.0 Å². The number of nitrogens with zero attached hydrogens (tertiary/aromatic N) is 1. The van der Waals surface area contributed by atoms with Crippen molar-refractivity contribution in [3.8, 4) is 6.07 Å². The molecule has 2 unspecified atom stereocenters. The van der Waals surface area contributed by atoms with Gasteiger partial charge in [-0.25, -0.2) is 0 Å². The fraction of sp³-hybridized carbons (Fsp3) is 0.500. The lowest BCUT2D eigenvalue weighted by Gasteiger charge is -2.15. The number of hydrogen-bond acceptors (Lipinski definition) is 4. The molecule has 1 aromatic rings. The summed E-state index contributed by atoms with van der Waals surface area (Å²) in [4.78, 5) is 0.113. The maximum atomic E-state index is 12.2. The van der Waals surface area contributed by atoms with Crippen molar-refractivity contribution >= 4 is 11.8 Å². The Morgan fingerprint density at radius 3 is 2.62 bits per heavy atom. The monoisotopic (exact) mass is 316 g/mol. The fourth-order valence-electron chi connectivity index (χ4n) is 2.15. The van der Waals surface area contributed by atoms with Crippen LogP contribution in [0.1, 0.15) is 24.4 Å². The van der Waals surface area contributed by atoms with Gasteiger partial charge in [0.25, 0.3) is 0 Å². The zero-order valence-electron chi connectivity index (χ0n) is 11.2. The van der Waals surface area contributed by atoms with Crippen molar-refractivity contribution in [1.82, 2.24) is 5.32 Å². The standard InChI is InChI=1S/C14H15F3N2OS/c15-14(16,17)21-12-5-3-10(4-6-12)13(8-18)19-9-11-2-1-7-20-11/h3-6,11,13,19H,1-2,7,9H2. The Morgan fingerprint density at radius 1 is 1.38 bits per heavy atom. The molecule has 1 aromatic carbocycles. The number of rotatable bonds is 5. The van der Waals surface area contributed by atoms with E-state index in [0.717, 1.165) is 19.4 Å². The van der Waals surface area contributed by atoms with Gasteiger partial charge in [0.15, 0.2) is 0 Å². The first kappa shape index (κ1) is 16.1. The Labute approximate surface area is 125 Å². The summed E-state index contributed by atoms with van der Waals surface area (Å²) in [6, 6.07) is 7.43. The molecule has 0 amide bonds. The zero-order chi connectivity index (χ0) is 15.3. The van der Waals surface area contributed by atoms with E-state index in [-0.39, 0.29) is 22.8 Å². The summed E-state index contributed by atoms with van der Waals surface area (Å²) < 4.78 is 42.2. The van der Waals surface area contributed by atoms with Gasteiger partial charge in [-0.1, -0.05) is 12.1 Å². The lowest BCUT2D eigenvalue weighted by Crippen LogP contribution is -2.29. The lowest BCUT2D eigenvalue weighted by atomic mass is 10.1. The van der Waals surface area contributed by atoms with Crippen LogP contribution in [0.3, 0.4) is 0 Å². The SMILES string of the molecule is N#CC(NCC1CCCO1)c1ccc(SC(F)(F)F)cc1. The smallest absolute Gasteiger partial charge is 0.377 e. The third-order valence-corrected chi connectivity index (χ3v) is 3.89. The molecular formula is C14H15F3N2OS. The Morgan fingerprint density at radius 2 is 2.10 bits per heavy atom. The van der Waals surface area contributed by atoms with Crippen molar-refractivity contribution in [2.45, 2.75) is 35.4 Å². The molecule has 0 bridgehead atoms. The maximum Gasteiger partial charge on any atom is 0.446 e. The van der Waals surface area contributed by atoms with E-state index >= 15 is 0 Å². The van der Waals surface area contributed by atoms with Crippen molar-refractivity contribution in [2.75, 3.05) is 13.2 Å². The Balaban J connectivity index is 1.93. The quantitative estimate of drug-likeness (QED) is 0.843. The molecular weight excluding hydrogens is 301 g/mol. The van der Waals surface area contributed by atoms with Crippen LogP contribution in [0.5, 0.6) is 0 Å². The molecule has 1 aliphatic rings. The minimum atomic E-state index is -4.30. The summed E-state index contributed by atoms with van der Waals surface area (Å²) in [6.45, 7) is 1.31. The molecule has 7 heteroatoms. The number of halogens is 3. The normalized spacial score (nSPS) is 20.2. The predicted octanol–water partition coefficient (Wildman–Crippen LogP) is 3.63. The lowest BCUT2D eigenvalue weighted by molar-refractivity contribution is -0.0328. The number of nitriles is 1. The molecule has 3 nitrogen and oxygen atoms in total.